The van der Waals surface area contributed by atoms with Crippen LogP contribution in [0.1, 0.15) is 24.0 Å². The van der Waals surface area contributed by atoms with Crippen LogP contribution in [-0.4, -0.2) is 59.4 Å². The molecule has 2 fully saturated rings. The number of alkyl halides is 3. The summed E-state index contributed by atoms with van der Waals surface area (Å²) in [5, 5.41) is 0. The molecule has 9 heteroatoms. The van der Waals surface area contributed by atoms with Crippen molar-refractivity contribution in [1.29, 1.82) is 0 Å². The summed E-state index contributed by atoms with van der Waals surface area (Å²) in [6.45, 7) is 3.83. The van der Waals surface area contributed by atoms with Crippen molar-refractivity contribution in [3.8, 4) is 0 Å². The molecule has 0 aromatic heterocycles. The highest BCUT2D eigenvalue weighted by Gasteiger charge is 2.60. The van der Waals surface area contributed by atoms with E-state index in [2.05, 4.69) is 6.58 Å². The molecule has 2 amide bonds. The fourth-order valence-electron chi connectivity index (χ4n) is 3.75. The smallest absolute Gasteiger partial charge is 0.416 e. The van der Waals surface area contributed by atoms with E-state index in [9.17, 15) is 27.6 Å². The maximum atomic E-state index is 13.1. The normalized spacial score (nSPS) is 19.1. The molecule has 1 aliphatic heterocycles. The van der Waals surface area contributed by atoms with Gasteiger partial charge in [0.1, 0.15) is 11.6 Å². The van der Waals surface area contributed by atoms with Crippen molar-refractivity contribution in [1.82, 2.24) is 9.80 Å². The Morgan fingerprint density at radius 1 is 1.24 bits per heavy atom. The van der Waals surface area contributed by atoms with Crippen molar-refractivity contribution in [2.75, 3.05) is 20.2 Å². The van der Waals surface area contributed by atoms with Gasteiger partial charge in [-0.3, -0.25) is 9.59 Å². The summed E-state index contributed by atoms with van der Waals surface area (Å²) in [7, 11) is 1.19. The molecule has 6 nitrogen and oxygen atoms in total. The van der Waals surface area contributed by atoms with Crippen molar-refractivity contribution >= 4 is 17.8 Å². The molecule has 1 aromatic rings. The van der Waals surface area contributed by atoms with E-state index < -0.39 is 29.3 Å². The quantitative estimate of drug-likeness (QED) is 0.551. The van der Waals surface area contributed by atoms with Gasteiger partial charge in [0, 0.05) is 19.5 Å². The van der Waals surface area contributed by atoms with Gasteiger partial charge in [-0.25, -0.2) is 4.79 Å². The Bertz CT molecular complexity index is 831. The summed E-state index contributed by atoms with van der Waals surface area (Å²) < 4.78 is 43.1. The van der Waals surface area contributed by atoms with E-state index in [0.717, 1.165) is 18.2 Å². The minimum Gasteiger partial charge on any atom is -0.467 e. The lowest BCUT2D eigenvalue weighted by atomic mass is 9.99. The van der Waals surface area contributed by atoms with Gasteiger partial charge in [-0.15, -0.1) is 0 Å². The number of piperazine rings is 1. The molecule has 29 heavy (non-hydrogen) atoms. The van der Waals surface area contributed by atoms with Gasteiger partial charge in [0.25, 0.3) is 0 Å². The van der Waals surface area contributed by atoms with Crippen LogP contribution in [0.25, 0.3) is 0 Å². The number of amides is 2. The molecule has 1 atom stereocenters. The van der Waals surface area contributed by atoms with Gasteiger partial charge in [-0.05, 0) is 36.6 Å². The number of carbonyl (C=O) groups is 3. The maximum Gasteiger partial charge on any atom is 0.416 e. The van der Waals surface area contributed by atoms with E-state index in [0.29, 0.717) is 18.4 Å². The first-order valence-corrected chi connectivity index (χ1v) is 9.13. The van der Waals surface area contributed by atoms with E-state index in [1.165, 1.54) is 29.0 Å². The fourth-order valence-corrected chi connectivity index (χ4v) is 3.75. The molecule has 156 valence electrons. The lowest BCUT2D eigenvalue weighted by Crippen LogP contribution is -2.64. The Morgan fingerprint density at radius 3 is 2.34 bits per heavy atom. The Labute approximate surface area is 165 Å². The Kier molecular flexibility index (Phi) is 5.42. The average molecular weight is 410 g/mol. The van der Waals surface area contributed by atoms with E-state index in [-0.39, 0.29) is 31.3 Å². The molecule has 1 saturated heterocycles. The zero-order valence-corrected chi connectivity index (χ0v) is 15.9. The van der Waals surface area contributed by atoms with Gasteiger partial charge in [-0.1, -0.05) is 18.7 Å². The highest BCUT2D eigenvalue weighted by molar-refractivity contribution is 5.99. The Balaban J connectivity index is 1.83. The number of rotatable bonds is 5. The number of halogens is 3. The third-order valence-electron chi connectivity index (χ3n) is 5.46. The van der Waals surface area contributed by atoms with Crippen LogP contribution in [-0.2, 0) is 31.7 Å². The van der Waals surface area contributed by atoms with Gasteiger partial charge in [0.15, 0.2) is 0 Å². The summed E-state index contributed by atoms with van der Waals surface area (Å²) in [6.07, 6.45) is -2.29. The van der Waals surface area contributed by atoms with Crippen LogP contribution in [0.4, 0.5) is 13.2 Å². The van der Waals surface area contributed by atoms with Gasteiger partial charge in [0.05, 0.1) is 12.7 Å². The summed E-state index contributed by atoms with van der Waals surface area (Å²) in [6, 6.07) is 3.47. The maximum absolute atomic E-state index is 13.1. The predicted octanol–water partition coefficient (Wildman–Crippen LogP) is 2.18. The molecular formula is C20H21F3N2O4. The molecule has 3 rings (SSSR count). The highest BCUT2D eigenvalue weighted by Crippen LogP contribution is 2.46. The molecule has 1 heterocycles. The molecule has 0 unspecified atom stereocenters. The summed E-state index contributed by atoms with van der Waals surface area (Å²) >= 11 is 0. The first-order valence-electron chi connectivity index (χ1n) is 9.13. The van der Waals surface area contributed by atoms with Crippen LogP contribution in [0.15, 0.2) is 36.9 Å². The second-order valence-corrected chi connectivity index (χ2v) is 7.16. The molecule has 0 radical (unpaired) electrons. The Hall–Kier alpha value is -2.84. The van der Waals surface area contributed by atoms with Crippen LogP contribution >= 0.6 is 0 Å². The van der Waals surface area contributed by atoms with Crippen LogP contribution in [0.3, 0.4) is 0 Å². The molecule has 1 aliphatic carbocycles. The molecule has 2 aliphatic rings. The summed E-state index contributed by atoms with van der Waals surface area (Å²) in [4.78, 5) is 40.5. The number of hydrogen-bond donors (Lipinski definition) is 0. The van der Waals surface area contributed by atoms with E-state index >= 15 is 0 Å². The van der Waals surface area contributed by atoms with Gasteiger partial charge in [-0.2, -0.15) is 13.2 Å². The number of esters is 1. The first-order chi connectivity index (χ1) is 13.6. The van der Waals surface area contributed by atoms with Crippen molar-refractivity contribution in [3.63, 3.8) is 0 Å². The standard InChI is InChI=1S/C20H21F3N2O4/c1-3-16(26)25-11-10-24(18(28)19(25)8-9-19)15(17(27)29-2)12-13-4-6-14(7-5-13)20(21,22)23/h3-7,15H,1,8-12H2,2H3/t15-/m0/s1. The molecule has 0 bridgehead atoms. The second-order valence-electron chi connectivity index (χ2n) is 7.16. The van der Waals surface area contributed by atoms with Crippen molar-refractivity contribution in [2.45, 2.75) is 37.0 Å². The third kappa shape index (κ3) is 3.86. The lowest BCUT2D eigenvalue weighted by molar-refractivity contribution is -0.161. The van der Waals surface area contributed by atoms with Crippen LogP contribution < -0.4 is 0 Å². The molecule has 1 spiro atoms. The third-order valence-corrected chi connectivity index (χ3v) is 5.46. The minimum absolute atomic E-state index is 0.0159. The number of methoxy groups -OCH3 is 1. The number of carbonyl (C=O) groups excluding carboxylic acids is 3. The van der Waals surface area contributed by atoms with Gasteiger partial charge in [0.2, 0.25) is 11.8 Å². The summed E-state index contributed by atoms with van der Waals surface area (Å²) in [5.74, 6) is -1.34. The Morgan fingerprint density at radius 2 is 1.86 bits per heavy atom. The van der Waals surface area contributed by atoms with Crippen molar-refractivity contribution in [2.24, 2.45) is 0 Å². The predicted molar refractivity (Wildman–Crippen MR) is 96.5 cm³/mol. The number of ether oxygens (including phenoxy) is 1. The van der Waals surface area contributed by atoms with Crippen LogP contribution in [0.5, 0.6) is 0 Å². The molecular weight excluding hydrogens is 389 g/mol. The highest BCUT2D eigenvalue weighted by atomic mass is 19.4. The molecule has 1 aromatic carbocycles. The SMILES string of the molecule is C=CC(=O)N1CCN([C@@H](Cc2ccc(C(F)(F)F)cc2)C(=O)OC)C(=O)C12CC2. The van der Waals surface area contributed by atoms with Crippen LogP contribution in [0.2, 0.25) is 0 Å². The average Bonchev–Trinajstić information content (AvgIpc) is 3.48. The zero-order chi connectivity index (χ0) is 21.4. The lowest BCUT2D eigenvalue weighted by Gasteiger charge is -2.43. The largest absolute Gasteiger partial charge is 0.467 e. The monoisotopic (exact) mass is 410 g/mol. The number of benzene rings is 1. The first kappa shape index (κ1) is 20.9. The van der Waals surface area contributed by atoms with Gasteiger partial charge < -0.3 is 14.5 Å². The molecule has 0 N–H and O–H groups in total. The van der Waals surface area contributed by atoms with E-state index in [4.69, 9.17) is 4.74 Å². The second kappa shape index (κ2) is 7.53. The summed E-state index contributed by atoms with van der Waals surface area (Å²) in [5.41, 5.74) is -1.29. The van der Waals surface area contributed by atoms with Crippen molar-refractivity contribution < 1.29 is 32.3 Å². The molecule has 1 saturated carbocycles. The number of nitrogens with zero attached hydrogens (tertiary/aromatic N) is 2. The fraction of sp³-hybridized carbons (Fsp3) is 0.450. The van der Waals surface area contributed by atoms with Crippen LogP contribution in [0, 0.1) is 0 Å². The van der Waals surface area contributed by atoms with Gasteiger partial charge >= 0.3 is 12.1 Å². The van der Waals surface area contributed by atoms with E-state index in [1.54, 1.807) is 0 Å². The zero-order valence-electron chi connectivity index (χ0n) is 15.9. The van der Waals surface area contributed by atoms with E-state index in [1.807, 2.05) is 0 Å². The minimum atomic E-state index is -4.46. The number of hydrogen-bond acceptors (Lipinski definition) is 4. The van der Waals surface area contributed by atoms with Crippen molar-refractivity contribution in [3.05, 3.63) is 48.0 Å². The topological polar surface area (TPSA) is 66.9 Å².